The number of allylic oxidation sites excluding steroid dienone is 1. The quantitative estimate of drug-likeness (QED) is 0.177. The Morgan fingerprint density at radius 1 is 1.35 bits per heavy atom. The van der Waals surface area contributed by atoms with Gasteiger partial charge in [0.05, 0.1) is 29.6 Å². The Morgan fingerprint density at radius 2 is 2.03 bits per heavy atom. The largest absolute Gasteiger partial charge is 0.465 e. The zero-order valence-electron chi connectivity index (χ0n) is 19.7. The number of nitro benzene ring substituents is 1. The molecule has 9 heteroatoms. The maximum atomic E-state index is 12.8. The van der Waals surface area contributed by atoms with Crippen LogP contribution in [0.1, 0.15) is 26.3 Å². The molecule has 2 fully saturated rings. The van der Waals surface area contributed by atoms with Crippen molar-refractivity contribution in [3.8, 4) is 0 Å². The van der Waals surface area contributed by atoms with Crippen LogP contribution in [0.15, 0.2) is 43.0 Å². The summed E-state index contributed by atoms with van der Waals surface area (Å²) in [5.74, 6) is -0.786. The van der Waals surface area contributed by atoms with Gasteiger partial charge in [-0.15, -0.1) is 6.58 Å². The number of para-hydroxylation sites is 1. The number of carbonyl (C=O) groups excluding carboxylic acids is 2. The van der Waals surface area contributed by atoms with Gasteiger partial charge < -0.3 is 14.4 Å². The summed E-state index contributed by atoms with van der Waals surface area (Å²) >= 11 is 3.81. The Labute approximate surface area is 207 Å². The van der Waals surface area contributed by atoms with Gasteiger partial charge >= 0.3 is 12.1 Å². The van der Waals surface area contributed by atoms with Crippen LogP contribution in [0.4, 0.5) is 10.5 Å². The maximum Gasteiger partial charge on any atom is 0.409 e. The molecule has 3 aliphatic rings. The minimum absolute atomic E-state index is 0.0118. The third kappa shape index (κ3) is 3.56. The molecule has 8 nitrogen and oxygen atoms in total. The second-order valence-electron chi connectivity index (χ2n) is 10.3. The van der Waals surface area contributed by atoms with E-state index in [2.05, 4.69) is 22.5 Å². The molecule has 1 saturated carbocycles. The molecule has 0 N–H and O–H groups in total. The van der Waals surface area contributed by atoms with Crippen LogP contribution in [0.5, 0.6) is 0 Å². The number of nitro groups is 1. The number of hydrogen-bond donors (Lipinski definition) is 0. The second-order valence-corrected chi connectivity index (χ2v) is 11.3. The van der Waals surface area contributed by atoms with E-state index in [4.69, 9.17) is 9.47 Å². The summed E-state index contributed by atoms with van der Waals surface area (Å²) in [4.78, 5) is 38.4. The highest BCUT2D eigenvalue weighted by Gasteiger charge is 2.71. The molecule has 0 spiro atoms. The van der Waals surface area contributed by atoms with Gasteiger partial charge in [-0.1, -0.05) is 40.2 Å². The van der Waals surface area contributed by atoms with Crippen LogP contribution in [0.25, 0.3) is 5.57 Å². The molecule has 0 aromatic heterocycles. The predicted molar refractivity (Wildman–Crippen MR) is 130 cm³/mol. The van der Waals surface area contributed by atoms with Crippen molar-refractivity contribution in [2.24, 2.45) is 28.6 Å². The highest BCUT2D eigenvalue weighted by atomic mass is 79.9. The third-order valence-corrected chi connectivity index (χ3v) is 8.32. The minimum Gasteiger partial charge on any atom is -0.465 e. The van der Waals surface area contributed by atoms with Crippen molar-refractivity contribution in [3.63, 3.8) is 0 Å². The molecule has 4 rings (SSSR count). The van der Waals surface area contributed by atoms with Crippen LogP contribution in [-0.2, 0) is 14.3 Å². The normalized spacial score (nSPS) is 31.6. The fourth-order valence-corrected chi connectivity index (χ4v) is 7.31. The van der Waals surface area contributed by atoms with Crippen LogP contribution in [-0.4, -0.2) is 53.0 Å². The highest BCUT2D eigenvalue weighted by Crippen LogP contribution is 2.68. The number of rotatable bonds is 5. The molecule has 0 unspecified atom stereocenters. The van der Waals surface area contributed by atoms with Gasteiger partial charge in [-0.25, -0.2) is 4.79 Å². The molecule has 182 valence electrons. The molecule has 1 aromatic rings. The molecule has 0 radical (unpaired) electrons. The Hall–Kier alpha value is -2.68. The zero-order chi connectivity index (χ0) is 25.0. The predicted octanol–water partition coefficient (Wildman–Crippen LogP) is 4.83. The molecule has 4 bridgehead atoms. The number of amides is 1. The fourth-order valence-electron chi connectivity index (χ4n) is 6.14. The molecule has 2 aliphatic carbocycles. The van der Waals surface area contributed by atoms with E-state index in [1.807, 2.05) is 12.2 Å². The van der Waals surface area contributed by atoms with Gasteiger partial charge in [0.1, 0.15) is 0 Å². The number of methoxy groups -OCH3 is 1. The SMILES string of the molecule is C=C[C@]12CN(C(=O)OC)[C@@H]3[C@@H](COC(=O)C(C)(C)C)[C@H]1[C@H](Br)C=C(c1ccccc1[N+](=O)[O-])[C@@H]32. The summed E-state index contributed by atoms with van der Waals surface area (Å²) in [5, 5.41) is 11.8. The highest BCUT2D eigenvalue weighted by molar-refractivity contribution is 9.09. The minimum atomic E-state index is -0.660. The van der Waals surface area contributed by atoms with E-state index in [-0.39, 0.29) is 51.8 Å². The van der Waals surface area contributed by atoms with E-state index >= 15 is 0 Å². The van der Waals surface area contributed by atoms with E-state index in [0.717, 1.165) is 5.57 Å². The summed E-state index contributed by atoms with van der Waals surface area (Å²) < 4.78 is 10.8. The molecule has 34 heavy (non-hydrogen) atoms. The molecular formula is C25H29BrN2O6. The van der Waals surface area contributed by atoms with Crippen molar-refractivity contribution in [1.82, 2.24) is 4.90 Å². The molecular weight excluding hydrogens is 504 g/mol. The van der Waals surface area contributed by atoms with Gasteiger partial charge in [0, 0.05) is 40.7 Å². The lowest BCUT2D eigenvalue weighted by Gasteiger charge is -2.45. The van der Waals surface area contributed by atoms with Crippen molar-refractivity contribution in [2.45, 2.75) is 31.6 Å². The van der Waals surface area contributed by atoms with Crippen LogP contribution >= 0.6 is 15.9 Å². The Kier molecular flexibility index (Phi) is 6.12. The van der Waals surface area contributed by atoms with Gasteiger partial charge in [-0.2, -0.15) is 0 Å². The number of ether oxygens (including phenoxy) is 2. The van der Waals surface area contributed by atoms with Gasteiger partial charge in [-0.05, 0) is 38.3 Å². The van der Waals surface area contributed by atoms with Gasteiger partial charge in [-0.3, -0.25) is 14.9 Å². The first-order valence-electron chi connectivity index (χ1n) is 11.2. The molecule has 1 amide bonds. The lowest BCUT2D eigenvalue weighted by molar-refractivity contribution is -0.385. The van der Waals surface area contributed by atoms with E-state index in [0.29, 0.717) is 12.1 Å². The van der Waals surface area contributed by atoms with E-state index in [1.54, 1.807) is 43.9 Å². The van der Waals surface area contributed by atoms with Crippen molar-refractivity contribution < 1.29 is 24.0 Å². The summed E-state index contributed by atoms with van der Waals surface area (Å²) in [6.07, 6.45) is 3.41. The lowest BCUT2D eigenvalue weighted by Crippen LogP contribution is -2.52. The van der Waals surface area contributed by atoms with Gasteiger partial charge in [0.15, 0.2) is 0 Å². The van der Waals surface area contributed by atoms with E-state index < -0.39 is 16.9 Å². The van der Waals surface area contributed by atoms with E-state index in [1.165, 1.54) is 13.2 Å². The first kappa shape index (κ1) is 24.4. The first-order valence-corrected chi connectivity index (χ1v) is 12.1. The van der Waals surface area contributed by atoms with Crippen LogP contribution < -0.4 is 0 Å². The van der Waals surface area contributed by atoms with E-state index in [9.17, 15) is 19.7 Å². The monoisotopic (exact) mass is 532 g/mol. The summed E-state index contributed by atoms with van der Waals surface area (Å²) in [6, 6.07) is 6.29. The third-order valence-electron chi connectivity index (χ3n) is 7.48. The average Bonchev–Trinajstić information content (AvgIpc) is 3.24. The average molecular weight is 533 g/mol. The number of halogens is 1. The van der Waals surface area contributed by atoms with Crippen molar-refractivity contribution in [2.75, 3.05) is 20.3 Å². The fraction of sp³-hybridized carbons (Fsp3) is 0.520. The number of nitrogens with zero attached hydrogens (tertiary/aromatic N) is 2. The second kappa shape index (κ2) is 8.52. The molecule has 1 heterocycles. The van der Waals surface area contributed by atoms with Gasteiger partial charge in [0.25, 0.3) is 5.69 Å². The van der Waals surface area contributed by atoms with Crippen molar-refractivity contribution in [1.29, 1.82) is 0 Å². The zero-order valence-corrected chi connectivity index (χ0v) is 21.3. The smallest absolute Gasteiger partial charge is 0.409 e. The molecule has 1 aromatic carbocycles. The van der Waals surface area contributed by atoms with Crippen LogP contribution in [0, 0.1) is 38.7 Å². The van der Waals surface area contributed by atoms with Gasteiger partial charge in [0.2, 0.25) is 0 Å². The number of hydrogen-bond acceptors (Lipinski definition) is 6. The number of esters is 1. The Morgan fingerprint density at radius 3 is 2.62 bits per heavy atom. The maximum absolute atomic E-state index is 12.8. The Balaban J connectivity index is 1.83. The number of likely N-dealkylation sites (tertiary alicyclic amines) is 1. The summed E-state index contributed by atoms with van der Waals surface area (Å²) in [5.41, 5.74) is 0.117. The molecule has 1 saturated heterocycles. The standard InChI is InChI=1S/C25H29BrN2O6/c1-6-25-13-27(23(30)33-5)21-16(12-34-22(29)24(2,3)4)19(25)17(26)11-15(20(21)25)14-9-7-8-10-18(14)28(31)32/h6-11,16-17,19-21H,1,12-13H2,2-5H3/t16-,17+,19-,20-,21+,25-/m0/s1. The van der Waals surface area contributed by atoms with Crippen LogP contribution in [0.3, 0.4) is 0 Å². The number of piperidine rings is 1. The lowest BCUT2D eigenvalue weighted by atomic mass is 9.64. The van der Waals surface area contributed by atoms with Crippen molar-refractivity contribution in [3.05, 3.63) is 58.7 Å². The Bertz CT molecular complexity index is 1080. The van der Waals surface area contributed by atoms with Crippen molar-refractivity contribution >= 4 is 39.3 Å². The number of benzene rings is 1. The summed E-state index contributed by atoms with van der Waals surface area (Å²) in [7, 11) is 1.34. The molecule has 1 aliphatic heterocycles. The van der Waals surface area contributed by atoms with Crippen LogP contribution in [0.2, 0.25) is 0 Å². The molecule has 6 atom stereocenters. The topological polar surface area (TPSA) is 99.0 Å². The number of alkyl halides is 1. The summed E-state index contributed by atoms with van der Waals surface area (Å²) in [6.45, 7) is 10.0. The number of carbonyl (C=O) groups is 2. The first-order chi connectivity index (χ1) is 16.0.